The lowest BCUT2D eigenvalue weighted by Crippen LogP contribution is -2.14. The summed E-state index contributed by atoms with van der Waals surface area (Å²) in [5.41, 5.74) is 6.66. The fourth-order valence-electron chi connectivity index (χ4n) is 1.40. The number of nitrogens with one attached hydrogen (secondary N) is 1. The van der Waals surface area contributed by atoms with Crippen LogP contribution < -0.4 is 11.1 Å². The number of nitrogens with two attached hydrogens (primary N) is 1. The first-order valence-electron chi connectivity index (χ1n) is 5.05. The second-order valence-corrected chi connectivity index (χ2v) is 4.36. The van der Waals surface area contributed by atoms with Crippen molar-refractivity contribution >= 4 is 40.5 Å². The highest BCUT2D eigenvalue weighted by Gasteiger charge is 2.12. The van der Waals surface area contributed by atoms with E-state index in [2.05, 4.69) is 10.3 Å². The van der Waals surface area contributed by atoms with Crippen LogP contribution in [0.15, 0.2) is 36.5 Å². The zero-order valence-corrected chi connectivity index (χ0v) is 10.7. The van der Waals surface area contributed by atoms with Crippen LogP contribution in [-0.2, 0) is 0 Å². The van der Waals surface area contributed by atoms with Gasteiger partial charge in [0.15, 0.2) is 0 Å². The predicted molar refractivity (Wildman–Crippen MR) is 73.1 cm³/mol. The number of benzene rings is 1. The van der Waals surface area contributed by atoms with E-state index in [1.54, 1.807) is 18.2 Å². The Hall–Kier alpha value is -1.78. The van der Waals surface area contributed by atoms with E-state index in [0.717, 1.165) is 0 Å². The zero-order chi connectivity index (χ0) is 13.1. The van der Waals surface area contributed by atoms with Gasteiger partial charge in [-0.05, 0) is 24.3 Å². The minimum Gasteiger partial charge on any atom is -0.397 e. The Morgan fingerprint density at radius 3 is 2.67 bits per heavy atom. The molecule has 1 amide bonds. The smallest absolute Gasteiger partial charge is 0.274 e. The van der Waals surface area contributed by atoms with Gasteiger partial charge in [-0.3, -0.25) is 9.78 Å². The van der Waals surface area contributed by atoms with Gasteiger partial charge < -0.3 is 11.1 Å². The van der Waals surface area contributed by atoms with Crippen molar-refractivity contribution in [3.05, 3.63) is 52.3 Å². The summed E-state index contributed by atoms with van der Waals surface area (Å²) in [7, 11) is 0. The third-order valence-corrected chi connectivity index (χ3v) is 2.74. The van der Waals surface area contributed by atoms with E-state index in [-0.39, 0.29) is 16.6 Å². The molecular weight excluding hydrogens is 273 g/mol. The van der Waals surface area contributed by atoms with Crippen molar-refractivity contribution in [2.75, 3.05) is 11.1 Å². The number of nitrogen functional groups attached to an aromatic ring is 1. The summed E-state index contributed by atoms with van der Waals surface area (Å²) in [5, 5.41) is 3.30. The molecule has 6 heteroatoms. The van der Waals surface area contributed by atoms with Crippen molar-refractivity contribution in [3.63, 3.8) is 0 Å². The van der Waals surface area contributed by atoms with Gasteiger partial charge in [0, 0.05) is 11.2 Å². The Kier molecular flexibility index (Phi) is 3.69. The Labute approximate surface area is 114 Å². The second kappa shape index (κ2) is 5.25. The number of amides is 1. The van der Waals surface area contributed by atoms with Gasteiger partial charge in [-0.15, -0.1) is 0 Å². The highest BCUT2D eigenvalue weighted by molar-refractivity contribution is 6.37. The van der Waals surface area contributed by atoms with Gasteiger partial charge >= 0.3 is 0 Å². The molecule has 0 atom stereocenters. The summed E-state index contributed by atoms with van der Waals surface area (Å²) in [6.07, 6.45) is 1.53. The van der Waals surface area contributed by atoms with E-state index in [0.29, 0.717) is 16.4 Å². The Bertz CT molecular complexity index is 564. The molecule has 1 aromatic heterocycles. The summed E-state index contributed by atoms with van der Waals surface area (Å²) in [6, 6.07) is 8.06. The molecule has 0 radical (unpaired) electrons. The van der Waals surface area contributed by atoms with Crippen LogP contribution in [0.1, 0.15) is 10.5 Å². The first-order chi connectivity index (χ1) is 8.58. The number of carbonyl (C=O) groups excluding carboxylic acids is 1. The maximum Gasteiger partial charge on any atom is 0.274 e. The maximum absolute atomic E-state index is 11.9. The Morgan fingerprint density at radius 1 is 1.28 bits per heavy atom. The lowest BCUT2D eigenvalue weighted by atomic mass is 10.2. The molecule has 2 rings (SSSR count). The number of hydrogen-bond donors (Lipinski definition) is 2. The van der Waals surface area contributed by atoms with Crippen LogP contribution in [-0.4, -0.2) is 10.9 Å². The molecule has 0 spiro atoms. The molecule has 1 aromatic carbocycles. The van der Waals surface area contributed by atoms with Crippen molar-refractivity contribution in [2.24, 2.45) is 0 Å². The van der Waals surface area contributed by atoms with Crippen molar-refractivity contribution in [2.45, 2.75) is 0 Å². The monoisotopic (exact) mass is 281 g/mol. The van der Waals surface area contributed by atoms with Gasteiger partial charge in [0.2, 0.25) is 0 Å². The summed E-state index contributed by atoms with van der Waals surface area (Å²) in [5.74, 6) is -0.383. The van der Waals surface area contributed by atoms with E-state index in [4.69, 9.17) is 28.9 Å². The molecule has 18 heavy (non-hydrogen) atoms. The fraction of sp³-hybridized carbons (Fsp3) is 0. The van der Waals surface area contributed by atoms with Crippen LogP contribution >= 0.6 is 23.2 Å². The maximum atomic E-state index is 11.9. The lowest BCUT2D eigenvalue weighted by molar-refractivity contribution is 0.102. The third kappa shape index (κ3) is 2.72. The lowest BCUT2D eigenvalue weighted by Gasteiger charge is -2.10. The molecule has 0 aliphatic heterocycles. The number of anilines is 2. The van der Waals surface area contributed by atoms with Crippen LogP contribution in [0.25, 0.3) is 0 Å². The quantitative estimate of drug-likeness (QED) is 0.831. The van der Waals surface area contributed by atoms with Crippen LogP contribution in [0, 0.1) is 0 Å². The van der Waals surface area contributed by atoms with Crippen molar-refractivity contribution in [3.8, 4) is 0 Å². The average Bonchev–Trinajstić information content (AvgIpc) is 2.34. The Balaban J connectivity index is 2.28. The van der Waals surface area contributed by atoms with E-state index in [1.165, 1.54) is 18.3 Å². The van der Waals surface area contributed by atoms with E-state index >= 15 is 0 Å². The van der Waals surface area contributed by atoms with Gasteiger partial charge in [-0.2, -0.15) is 0 Å². The average molecular weight is 282 g/mol. The van der Waals surface area contributed by atoms with Crippen LogP contribution in [0.5, 0.6) is 0 Å². The molecule has 0 fully saturated rings. The number of rotatable bonds is 2. The summed E-state index contributed by atoms with van der Waals surface area (Å²) in [4.78, 5) is 15.8. The largest absolute Gasteiger partial charge is 0.397 e. The molecule has 0 aliphatic carbocycles. The van der Waals surface area contributed by atoms with Gasteiger partial charge in [0.05, 0.1) is 16.4 Å². The molecular formula is C12H9Cl2N3O. The van der Waals surface area contributed by atoms with E-state index in [9.17, 15) is 4.79 Å². The van der Waals surface area contributed by atoms with Crippen molar-refractivity contribution in [1.29, 1.82) is 0 Å². The van der Waals surface area contributed by atoms with Crippen molar-refractivity contribution < 1.29 is 4.79 Å². The van der Waals surface area contributed by atoms with Crippen LogP contribution in [0.4, 0.5) is 11.4 Å². The summed E-state index contributed by atoms with van der Waals surface area (Å²) < 4.78 is 0. The number of hydrogen-bond acceptors (Lipinski definition) is 3. The van der Waals surface area contributed by atoms with Crippen LogP contribution in [0.2, 0.25) is 10.0 Å². The van der Waals surface area contributed by atoms with Gasteiger partial charge in [-0.1, -0.05) is 29.3 Å². The molecule has 3 N–H and O–H groups in total. The third-order valence-electron chi connectivity index (χ3n) is 2.22. The highest BCUT2D eigenvalue weighted by atomic mass is 35.5. The summed E-state index contributed by atoms with van der Waals surface area (Å²) in [6.45, 7) is 0. The minimum absolute atomic E-state index is 0.280. The standard InChI is InChI=1S/C12H9Cl2N3O/c13-7-5-8(14)11(9(15)6-7)17-12(18)10-3-1-2-4-16-10/h1-6H,15H2,(H,17,18). The number of aromatic nitrogens is 1. The van der Waals surface area contributed by atoms with Crippen molar-refractivity contribution in [1.82, 2.24) is 4.98 Å². The number of nitrogens with zero attached hydrogens (tertiary/aromatic N) is 1. The van der Waals surface area contributed by atoms with Gasteiger partial charge in [0.1, 0.15) is 5.69 Å². The molecule has 0 saturated heterocycles. The molecule has 0 unspecified atom stereocenters. The van der Waals surface area contributed by atoms with E-state index < -0.39 is 0 Å². The molecule has 1 heterocycles. The fourth-order valence-corrected chi connectivity index (χ4v) is 1.96. The number of pyridine rings is 1. The minimum atomic E-state index is -0.383. The molecule has 0 saturated carbocycles. The first kappa shape index (κ1) is 12.7. The van der Waals surface area contributed by atoms with E-state index in [1.807, 2.05) is 0 Å². The SMILES string of the molecule is Nc1cc(Cl)cc(Cl)c1NC(=O)c1ccccn1. The molecule has 0 bridgehead atoms. The topological polar surface area (TPSA) is 68.0 Å². The number of carbonyl (C=O) groups is 1. The predicted octanol–water partition coefficient (Wildman–Crippen LogP) is 3.22. The van der Waals surface area contributed by atoms with Gasteiger partial charge in [-0.25, -0.2) is 0 Å². The highest BCUT2D eigenvalue weighted by Crippen LogP contribution is 2.32. The van der Waals surface area contributed by atoms with Crippen LogP contribution in [0.3, 0.4) is 0 Å². The Morgan fingerprint density at radius 2 is 2.06 bits per heavy atom. The van der Waals surface area contributed by atoms with Gasteiger partial charge in [0.25, 0.3) is 5.91 Å². The molecule has 92 valence electrons. The normalized spacial score (nSPS) is 10.1. The molecule has 2 aromatic rings. The number of halogens is 2. The zero-order valence-electron chi connectivity index (χ0n) is 9.15. The molecule has 4 nitrogen and oxygen atoms in total. The second-order valence-electron chi connectivity index (χ2n) is 3.52. The molecule has 0 aliphatic rings. The first-order valence-corrected chi connectivity index (χ1v) is 5.80. The summed E-state index contributed by atoms with van der Waals surface area (Å²) >= 11 is 11.8.